The summed E-state index contributed by atoms with van der Waals surface area (Å²) in [6.45, 7) is 1.29. The van der Waals surface area contributed by atoms with E-state index in [1.54, 1.807) is 14.2 Å². The highest BCUT2D eigenvalue weighted by Crippen LogP contribution is 2.29. The molecule has 7 heteroatoms. The van der Waals surface area contributed by atoms with Crippen LogP contribution in [0.25, 0.3) is 0 Å². The highest BCUT2D eigenvalue weighted by atomic mass is 16.6. The van der Waals surface area contributed by atoms with Crippen LogP contribution in [0.2, 0.25) is 0 Å². The standard InChI is InChI=1S/C24H28N2O5/c1-28-20-7-5-6-17(15-20)14-18-16-23(31-25-18)24(27)26-12-10-19(11-13-26)30-22-9-4-3-8-21(22)29-2/h3-9,15,19,23H,10-14,16H2,1-2H3/t23-/m0/s1. The van der Waals surface area contributed by atoms with Gasteiger partial charge in [-0.15, -0.1) is 0 Å². The number of carbonyl (C=O) groups is 1. The Labute approximate surface area is 182 Å². The lowest BCUT2D eigenvalue weighted by atomic mass is 10.0. The number of hydrogen-bond acceptors (Lipinski definition) is 6. The largest absolute Gasteiger partial charge is 0.497 e. The SMILES string of the molecule is COc1cccc(CC2=NO[C@H](C(=O)N3CCC(Oc4ccccc4OC)CC3)C2)c1. The van der Waals surface area contributed by atoms with Crippen molar-refractivity contribution in [3.8, 4) is 17.2 Å². The van der Waals surface area contributed by atoms with E-state index < -0.39 is 6.10 Å². The number of carbonyl (C=O) groups excluding carboxylic acids is 1. The monoisotopic (exact) mass is 424 g/mol. The number of hydrogen-bond donors (Lipinski definition) is 0. The molecule has 0 radical (unpaired) electrons. The summed E-state index contributed by atoms with van der Waals surface area (Å²) >= 11 is 0. The second-order valence-corrected chi connectivity index (χ2v) is 7.78. The van der Waals surface area contributed by atoms with Crippen LogP contribution in [-0.4, -0.2) is 56.0 Å². The van der Waals surface area contributed by atoms with Crippen molar-refractivity contribution in [1.29, 1.82) is 0 Å². The van der Waals surface area contributed by atoms with Gasteiger partial charge in [0.2, 0.25) is 6.10 Å². The van der Waals surface area contributed by atoms with Crippen molar-refractivity contribution in [3.05, 3.63) is 54.1 Å². The third kappa shape index (κ3) is 5.10. The minimum Gasteiger partial charge on any atom is -0.497 e. The summed E-state index contributed by atoms with van der Waals surface area (Å²) in [7, 11) is 3.28. The molecule has 0 bridgehead atoms. The maximum absolute atomic E-state index is 12.9. The van der Waals surface area contributed by atoms with Crippen LogP contribution in [0.5, 0.6) is 17.2 Å². The van der Waals surface area contributed by atoms with Crippen LogP contribution >= 0.6 is 0 Å². The topological polar surface area (TPSA) is 69.6 Å². The van der Waals surface area contributed by atoms with Crippen molar-refractivity contribution in [1.82, 2.24) is 4.90 Å². The molecule has 31 heavy (non-hydrogen) atoms. The summed E-state index contributed by atoms with van der Waals surface area (Å²) in [5.41, 5.74) is 1.96. The normalized spacial score (nSPS) is 18.8. The van der Waals surface area contributed by atoms with E-state index in [4.69, 9.17) is 19.0 Å². The van der Waals surface area contributed by atoms with Crippen LogP contribution in [0, 0.1) is 0 Å². The zero-order chi connectivity index (χ0) is 21.6. The first-order valence-electron chi connectivity index (χ1n) is 10.6. The number of piperidine rings is 1. The molecule has 2 aliphatic rings. The maximum atomic E-state index is 12.9. The Hall–Kier alpha value is -3.22. The van der Waals surface area contributed by atoms with E-state index >= 15 is 0 Å². The summed E-state index contributed by atoms with van der Waals surface area (Å²) < 4.78 is 16.7. The van der Waals surface area contributed by atoms with Crippen molar-refractivity contribution in [3.63, 3.8) is 0 Å². The summed E-state index contributed by atoms with van der Waals surface area (Å²) in [5, 5.41) is 4.16. The zero-order valence-corrected chi connectivity index (χ0v) is 18.0. The van der Waals surface area contributed by atoms with E-state index in [1.807, 2.05) is 53.4 Å². The minimum absolute atomic E-state index is 0.000124. The van der Waals surface area contributed by atoms with Gasteiger partial charge >= 0.3 is 0 Å². The number of benzene rings is 2. The first-order chi connectivity index (χ1) is 15.2. The molecule has 0 N–H and O–H groups in total. The molecule has 0 aliphatic carbocycles. The Morgan fingerprint density at radius 1 is 1.06 bits per heavy atom. The van der Waals surface area contributed by atoms with Crippen molar-refractivity contribution in [2.24, 2.45) is 5.16 Å². The lowest BCUT2D eigenvalue weighted by Crippen LogP contribution is -2.46. The van der Waals surface area contributed by atoms with E-state index in [2.05, 4.69) is 5.16 Å². The van der Waals surface area contributed by atoms with Gasteiger partial charge in [0.05, 0.1) is 19.9 Å². The Morgan fingerprint density at radius 3 is 2.58 bits per heavy atom. The molecule has 2 heterocycles. The van der Waals surface area contributed by atoms with Gasteiger partial charge in [-0.05, 0) is 29.8 Å². The summed E-state index contributed by atoms with van der Waals surface area (Å²) in [6.07, 6.45) is 2.24. The summed E-state index contributed by atoms with van der Waals surface area (Å²) in [5.74, 6) is 2.27. The van der Waals surface area contributed by atoms with E-state index in [1.165, 1.54) is 0 Å². The van der Waals surface area contributed by atoms with Crippen molar-refractivity contribution in [2.75, 3.05) is 27.3 Å². The predicted molar refractivity (Wildman–Crippen MR) is 117 cm³/mol. The molecule has 0 unspecified atom stereocenters. The van der Waals surface area contributed by atoms with Gasteiger partial charge in [-0.25, -0.2) is 0 Å². The molecular weight excluding hydrogens is 396 g/mol. The van der Waals surface area contributed by atoms with Gasteiger partial charge in [-0.2, -0.15) is 0 Å². The van der Waals surface area contributed by atoms with Crippen LogP contribution < -0.4 is 14.2 Å². The molecule has 1 atom stereocenters. The molecule has 1 saturated heterocycles. The molecule has 7 nitrogen and oxygen atoms in total. The number of nitrogens with zero attached hydrogens (tertiary/aromatic N) is 2. The molecule has 2 aromatic carbocycles. The van der Waals surface area contributed by atoms with Crippen LogP contribution in [-0.2, 0) is 16.1 Å². The number of ether oxygens (including phenoxy) is 3. The van der Waals surface area contributed by atoms with Gasteiger partial charge in [-0.1, -0.05) is 29.4 Å². The fourth-order valence-electron chi connectivity index (χ4n) is 3.97. The summed E-state index contributed by atoms with van der Waals surface area (Å²) in [4.78, 5) is 20.2. The lowest BCUT2D eigenvalue weighted by molar-refractivity contribution is -0.143. The molecule has 2 aromatic rings. The summed E-state index contributed by atoms with van der Waals surface area (Å²) in [6, 6.07) is 15.5. The Bertz CT molecular complexity index is 937. The molecule has 0 spiro atoms. The average molecular weight is 424 g/mol. The van der Waals surface area contributed by atoms with Crippen LogP contribution in [0.3, 0.4) is 0 Å². The number of likely N-dealkylation sites (tertiary alicyclic amines) is 1. The molecule has 2 aliphatic heterocycles. The fourth-order valence-corrected chi connectivity index (χ4v) is 3.97. The van der Waals surface area contributed by atoms with Crippen molar-refractivity contribution in [2.45, 2.75) is 37.9 Å². The number of oxime groups is 1. The van der Waals surface area contributed by atoms with Gasteiger partial charge in [0.25, 0.3) is 5.91 Å². The second-order valence-electron chi connectivity index (χ2n) is 7.78. The first kappa shape index (κ1) is 21.0. The average Bonchev–Trinajstić information content (AvgIpc) is 3.28. The van der Waals surface area contributed by atoms with Gasteiger partial charge in [0.15, 0.2) is 11.5 Å². The first-order valence-corrected chi connectivity index (χ1v) is 10.6. The van der Waals surface area contributed by atoms with Gasteiger partial charge in [-0.3, -0.25) is 4.79 Å². The quantitative estimate of drug-likeness (QED) is 0.681. The third-order valence-corrected chi connectivity index (χ3v) is 5.66. The molecule has 1 fully saturated rings. The van der Waals surface area contributed by atoms with E-state index in [-0.39, 0.29) is 12.0 Å². The highest BCUT2D eigenvalue weighted by Gasteiger charge is 2.34. The molecule has 0 saturated carbocycles. The number of para-hydroxylation sites is 2. The second kappa shape index (κ2) is 9.73. The maximum Gasteiger partial charge on any atom is 0.266 e. The minimum atomic E-state index is -0.535. The van der Waals surface area contributed by atoms with Crippen molar-refractivity contribution < 1.29 is 23.8 Å². The number of amides is 1. The van der Waals surface area contributed by atoms with E-state index in [9.17, 15) is 4.79 Å². The smallest absolute Gasteiger partial charge is 0.266 e. The molecular formula is C24H28N2O5. The van der Waals surface area contributed by atoms with Gasteiger partial charge in [0.1, 0.15) is 11.9 Å². The molecule has 1 amide bonds. The van der Waals surface area contributed by atoms with Crippen LogP contribution in [0.4, 0.5) is 0 Å². The Balaban J connectivity index is 1.26. The molecule has 164 valence electrons. The van der Waals surface area contributed by atoms with E-state index in [0.29, 0.717) is 25.9 Å². The molecule has 4 rings (SSSR count). The number of methoxy groups -OCH3 is 2. The lowest BCUT2D eigenvalue weighted by Gasteiger charge is -2.33. The van der Waals surface area contributed by atoms with E-state index in [0.717, 1.165) is 41.4 Å². The van der Waals surface area contributed by atoms with Gasteiger partial charge < -0.3 is 23.9 Å². The van der Waals surface area contributed by atoms with Crippen LogP contribution in [0.15, 0.2) is 53.7 Å². The third-order valence-electron chi connectivity index (χ3n) is 5.66. The van der Waals surface area contributed by atoms with Crippen LogP contribution in [0.1, 0.15) is 24.8 Å². The van der Waals surface area contributed by atoms with Gasteiger partial charge in [0, 0.05) is 38.8 Å². The number of rotatable bonds is 7. The van der Waals surface area contributed by atoms with Crippen molar-refractivity contribution >= 4 is 11.6 Å². The highest BCUT2D eigenvalue weighted by molar-refractivity contribution is 5.94. The Kier molecular flexibility index (Phi) is 6.60. The predicted octanol–water partition coefficient (Wildman–Crippen LogP) is 3.46. The molecule has 0 aromatic heterocycles. The Morgan fingerprint density at radius 2 is 1.84 bits per heavy atom. The fraction of sp³-hybridized carbons (Fsp3) is 0.417. The zero-order valence-electron chi connectivity index (χ0n) is 18.0.